The molecule has 0 aromatic rings. The molecule has 0 amide bonds. The summed E-state index contributed by atoms with van der Waals surface area (Å²) in [5.74, 6) is 0. The molecule has 0 spiro atoms. The minimum absolute atomic E-state index is 0.0360. The molecule has 0 saturated carbocycles. The van der Waals surface area contributed by atoms with Crippen molar-refractivity contribution >= 4 is 0 Å². The first kappa shape index (κ1) is 59.0. The lowest BCUT2D eigenvalue weighted by atomic mass is 9.95. The van der Waals surface area contributed by atoms with Crippen LogP contribution in [0.15, 0.2) is 0 Å². The molecule has 0 unspecified atom stereocenters. The van der Waals surface area contributed by atoms with Crippen LogP contribution in [0.3, 0.4) is 0 Å². The van der Waals surface area contributed by atoms with Gasteiger partial charge in [0.1, 0.15) is 146 Å². The second kappa shape index (κ2) is 26.2. The van der Waals surface area contributed by atoms with Gasteiger partial charge in [-0.3, -0.25) is 0 Å². The first-order chi connectivity index (χ1) is 33.8. The van der Waals surface area contributed by atoms with E-state index in [1.54, 1.807) is 0 Å². The summed E-state index contributed by atoms with van der Waals surface area (Å²) in [5.41, 5.74) is 5.45. The zero-order chi connectivity index (χ0) is 52.2. The molecule has 0 bridgehead atoms. The molecule has 0 aromatic heterocycles. The number of ether oxygens (including phenoxy) is 12. The van der Waals surface area contributed by atoms with Crippen molar-refractivity contribution in [3.8, 4) is 0 Å². The van der Waals surface area contributed by atoms with Crippen LogP contribution < -0.4 is 5.73 Å². The van der Waals surface area contributed by atoms with E-state index < -0.39 is 224 Å². The summed E-state index contributed by atoms with van der Waals surface area (Å²) in [6.45, 7) is -5.29. The van der Waals surface area contributed by atoms with Crippen molar-refractivity contribution in [2.75, 3.05) is 52.8 Å². The average molecular weight is 1050 g/mol. The average Bonchev–Trinajstić information content (AvgIpc) is 3.36. The Balaban J connectivity index is 1.06. The first-order valence-electron chi connectivity index (χ1n) is 22.8. The third kappa shape index (κ3) is 12.6. The maximum absolute atomic E-state index is 11.3. The number of aliphatic hydroxyl groups is 19. The lowest BCUT2D eigenvalue weighted by Crippen LogP contribution is -2.68. The van der Waals surface area contributed by atoms with Gasteiger partial charge in [0.15, 0.2) is 37.7 Å². The van der Waals surface area contributed by atoms with Crippen molar-refractivity contribution in [2.45, 2.75) is 191 Å². The highest BCUT2D eigenvalue weighted by Crippen LogP contribution is 2.37. The number of hydrogen-bond donors (Lipinski definition) is 20. The maximum Gasteiger partial charge on any atom is 0.187 e. The van der Waals surface area contributed by atoms with Gasteiger partial charge in [0.05, 0.1) is 46.2 Å². The molecule has 6 heterocycles. The van der Waals surface area contributed by atoms with Crippen LogP contribution in [0.25, 0.3) is 0 Å². The Morgan fingerprint density at radius 3 is 0.761 bits per heavy atom. The number of aliphatic hydroxyl groups excluding tert-OH is 19. The summed E-state index contributed by atoms with van der Waals surface area (Å²) < 4.78 is 66.9. The first-order valence-corrected chi connectivity index (χ1v) is 22.8. The maximum atomic E-state index is 11.3. The van der Waals surface area contributed by atoms with Gasteiger partial charge in [0, 0.05) is 0 Å². The topological polar surface area (TPSA) is 521 Å². The van der Waals surface area contributed by atoms with Crippen molar-refractivity contribution in [3.63, 3.8) is 0 Å². The Bertz CT molecular complexity index is 1570. The van der Waals surface area contributed by atoms with Crippen molar-refractivity contribution < 1.29 is 154 Å². The Hall–Kier alpha value is -1.28. The van der Waals surface area contributed by atoms with Crippen LogP contribution >= 0.6 is 0 Å². The molecule has 6 saturated heterocycles. The molecule has 32 heteroatoms. The predicted octanol–water partition coefficient (Wildman–Crippen LogP) is -13.7. The second-order valence-corrected chi connectivity index (χ2v) is 17.7. The fourth-order valence-corrected chi connectivity index (χ4v) is 8.93. The van der Waals surface area contributed by atoms with Crippen LogP contribution in [0.2, 0.25) is 0 Å². The van der Waals surface area contributed by atoms with Gasteiger partial charge in [-0.15, -0.1) is 0 Å². The summed E-state index contributed by atoms with van der Waals surface area (Å²) in [5, 5.41) is 202. The van der Waals surface area contributed by atoms with Crippen molar-refractivity contribution in [2.24, 2.45) is 5.73 Å². The predicted molar refractivity (Wildman–Crippen MR) is 217 cm³/mol. The van der Waals surface area contributed by atoms with Crippen LogP contribution in [0.1, 0.15) is 6.42 Å². The van der Waals surface area contributed by atoms with Crippen LogP contribution in [-0.2, 0) is 56.8 Å². The molecule has 0 radical (unpaired) electrons. The van der Waals surface area contributed by atoms with Gasteiger partial charge in [-0.1, -0.05) is 0 Å². The van der Waals surface area contributed by atoms with Crippen molar-refractivity contribution in [1.82, 2.24) is 0 Å². The monoisotopic (exact) mass is 1050 g/mol. The van der Waals surface area contributed by atoms with Gasteiger partial charge in [0.2, 0.25) is 0 Å². The summed E-state index contributed by atoms with van der Waals surface area (Å²) in [6, 6.07) is 0. The van der Waals surface area contributed by atoms with Gasteiger partial charge in [0.25, 0.3) is 0 Å². The standard InChI is InChI=1S/C39H69NO31/c40-2-1-3-60-34-24(55)18(49)29(11(5-42)62-34)68-36-26(57)20(51)31(13(7-44)64-36)70-38-28(59)22(53)33(15(9-46)66-38)71-39-27(58)21(52)32(14(8-45)65-39)69-37-25(56)19(50)30(12(6-43)63-37)67-35-23(54)17(48)16(47)10(4-41)61-35/h10-39,41-59H,1-9,40H2/t10-,11-,12-,13-,14-,15-,16+,17+,18-,19-,20-,21-,22-,23-,24-,25-,26-,27-,28-,29-,30-,31-,32-,33+,34+,35-,36+,37+,38-,39-/m1/s1. The summed E-state index contributed by atoms with van der Waals surface area (Å²) in [6.07, 6.45) is -55.0. The molecule has 6 aliphatic rings. The van der Waals surface area contributed by atoms with E-state index in [0.29, 0.717) is 6.42 Å². The Labute approximate surface area is 402 Å². The number of rotatable bonds is 20. The van der Waals surface area contributed by atoms with Crippen LogP contribution in [0.5, 0.6) is 0 Å². The van der Waals surface area contributed by atoms with E-state index in [9.17, 15) is 97.0 Å². The Morgan fingerprint density at radius 1 is 0.282 bits per heavy atom. The molecule has 32 nitrogen and oxygen atoms in total. The van der Waals surface area contributed by atoms with Gasteiger partial charge >= 0.3 is 0 Å². The zero-order valence-corrected chi connectivity index (χ0v) is 37.7. The summed E-state index contributed by atoms with van der Waals surface area (Å²) in [7, 11) is 0. The van der Waals surface area contributed by atoms with Crippen LogP contribution in [0.4, 0.5) is 0 Å². The SMILES string of the molecule is NCCCO[C@H]1O[C@H](CO)[C@@H](O[C@@H]2O[C@H](CO)[C@@H](O[C@H]3O[C@H](CO)[C@H](O[C@H]4O[C@H](CO)[C@@H](O[C@@H]5O[C@H](CO)[C@@H](O[C@H]6O[C@H](CO)[C@H](O)[C@H](O)[C@H]6O)[C@H](O)[C@H]5O)[C@H](O)[C@H]4O)[C@H](O)[C@H]3O)[C@H](O)[C@H]2O)[C@H](O)[C@H]1O. The molecule has 21 N–H and O–H groups in total. The minimum atomic E-state index is -2.17. The smallest absolute Gasteiger partial charge is 0.187 e. The van der Waals surface area contributed by atoms with E-state index in [1.807, 2.05) is 0 Å². The number of hydrogen-bond acceptors (Lipinski definition) is 32. The lowest BCUT2D eigenvalue weighted by molar-refractivity contribution is -0.396. The summed E-state index contributed by atoms with van der Waals surface area (Å²) >= 11 is 0. The molecule has 71 heavy (non-hydrogen) atoms. The second-order valence-electron chi connectivity index (χ2n) is 17.7. The van der Waals surface area contributed by atoms with Gasteiger partial charge < -0.3 is 160 Å². The van der Waals surface area contributed by atoms with E-state index in [-0.39, 0.29) is 13.2 Å². The molecule has 0 aliphatic carbocycles. The minimum Gasteiger partial charge on any atom is -0.394 e. The molecular formula is C39H69NO31. The third-order valence-corrected chi connectivity index (χ3v) is 13.0. The van der Waals surface area contributed by atoms with Gasteiger partial charge in [-0.2, -0.15) is 0 Å². The highest BCUT2D eigenvalue weighted by atomic mass is 16.8. The van der Waals surface area contributed by atoms with Crippen molar-refractivity contribution in [3.05, 3.63) is 0 Å². The Morgan fingerprint density at radius 2 is 0.507 bits per heavy atom. The highest BCUT2D eigenvalue weighted by molar-refractivity contribution is 5.00. The highest BCUT2D eigenvalue weighted by Gasteiger charge is 2.57. The van der Waals surface area contributed by atoms with E-state index in [4.69, 9.17) is 62.6 Å². The lowest BCUT2D eigenvalue weighted by Gasteiger charge is -2.50. The van der Waals surface area contributed by atoms with Crippen molar-refractivity contribution in [1.29, 1.82) is 0 Å². The van der Waals surface area contributed by atoms with E-state index in [1.165, 1.54) is 0 Å². The fraction of sp³-hybridized carbons (Fsp3) is 1.00. The third-order valence-electron chi connectivity index (χ3n) is 13.0. The van der Waals surface area contributed by atoms with E-state index in [2.05, 4.69) is 0 Å². The molecule has 30 atom stereocenters. The molecule has 6 fully saturated rings. The van der Waals surface area contributed by atoms with Gasteiger partial charge in [-0.25, -0.2) is 0 Å². The van der Waals surface area contributed by atoms with Crippen LogP contribution in [0, 0.1) is 0 Å². The zero-order valence-electron chi connectivity index (χ0n) is 37.7. The fourth-order valence-electron chi connectivity index (χ4n) is 8.93. The number of nitrogens with two attached hydrogens (primary N) is 1. The quantitative estimate of drug-likeness (QED) is 0.0504. The van der Waals surface area contributed by atoms with Crippen LogP contribution in [-0.4, -0.2) is 334 Å². The molecule has 6 rings (SSSR count). The van der Waals surface area contributed by atoms with Gasteiger partial charge in [-0.05, 0) is 13.0 Å². The Kier molecular flexibility index (Phi) is 21.7. The van der Waals surface area contributed by atoms with E-state index in [0.717, 1.165) is 0 Å². The molecule has 6 aliphatic heterocycles. The molecule has 416 valence electrons. The summed E-state index contributed by atoms with van der Waals surface area (Å²) in [4.78, 5) is 0. The van der Waals surface area contributed by atoms with E-state index >= 15 is 0 Å². The molecular weight excluding hydrogens is 978 g/mol. The largest absolute Gasteiger partial charge is 0.394 e. The molecule has 0 aromatic carbocycles. The normalized spacial score (nSPS) is 51.0.